The molecular formula is C17H17F3N2O3. The van der Waals surface area contributed by atoms with Gasteiger partial charge < -0.3 is 14.8 Å². The number of hydrogen-bond acceptors (Lipinski definition) is 4. The number of aromatic nitrogens is 1. The number of nitrogens with one attached hydrogen (secondary N) is 1. The molecule has 0 atom stereocenters. The molecule has 0 aliphatic rings. The lowest BCUT2D eigenvalue weighted by atomic mass is 10.2. The number of pyridine rings is 1. The molecule has 1 aromatic heterocycles. The zero-order valence-corrected chi connectivity index (χ0v) is 13.3. The molecule has 5 nitrogen and oxygen atoms in total. The standard InChI is InChI=1S/C17H17F3N2O3/c18-17(19,20)12-25-15-8-7-13(11-22-15)16(23)21-9-4-10-24-14-5-2-1-3-6-14/h1-3,5-8,11H,4,9-10,12H2,(H,21,23). The van der Waals surface area contributed by atoms with E-state index in [0.717, 1.165) is 5.75 Å². The molecule has 25 heavy (non-hydrogen) atoms. The Hall–Kier alpha value is -2.77. The molecule has 0 fully saturated rings. The maximum absolute atomic E-state index is 12.0. The quantitative estimate of drug-likeness (QED) is 0.740. The Morgan fingerprint density at radius 3 is 2.48 bits per heavy atom. The van der Waals surface area contributed by atoms with Crippen molar-refractivity contribution in [1.82, 2.24) is 10.3 Å². The van der Waals surface area contributed by atoms with Gasteiger partial charge in [0.1, 0.15) is 5.75 Å². The number of halogens is 3. The van der Waals surface area contributed by atoms with Crippen LogP contribution >= 0.6 is 0 Å². The number of ether oxygens (including phenoxy) is 2. The highest BCUT2D eigenvalue weighted by atomic mass is 19.4. The van der Waals surface area contributed by atoms with Crippen LogP contribution in [0.2, 0.25) is 0 Å². The van der Waals surface area contributed by atoms with Gasteiger partial charge in [0.05, 0.1) is 12.2 Å². The van der Waals surface area contributed by atoms with Gasteiger partial charge in [-0.05, 0) is 24.6 Å². The lowest BCUT2D eigenvalue weighted by molar-refractivity contribution is -0.154. The molecule has 1 N–H and O–H groups in total. The summed E-state index contributed by atoms with van der Waals surface area (Å²) in [5, 5.41) is 2.68. The third-order valence-electron chi connectivity index (χ3n) is 3.00. The topological polar surface area (TPSA) is 60.5 Å². The van der Waals surface area contributed by atoms with E-state index in [2.05, 4.69) is 15.0 Å². The predicted molar refractivity (Wildman–Crippen MR) is 84.7 cm³/mol. The van der Waals surface area contributed by atoms with Crippen LogP contribution in [0.15, 0.2) is 48.7 Å². The first-order chi connectivity index (χ1) is 11.9. The lowest BCUT2D eigenvalue weighted by Gasteiger charge is -2.09. The van der Waals surface area contributed by atoms with Gasteiger partial charge in [-0.3, -0.25) is 4.79 Å². The molecule has 1 amide bonds. The monoisotopic (exact) mass is 354 g/mol. The van der Waals surface area contributed by atoms with E-state index in [9.17, 15) is 18.0 Å². The number of benzene rings is 1. The molecule has 0 saturated heterocycles. The number of nitrogens with zero attached hydrogens (tertiary/aromatic N) is 1. The van der Waals surface area contributed by atoms with E-state index in [4.69, 9.17) is 4.74 Å². The van der Waals surface area contributed by atoms with Crippen molar-refractivity contribution in [3.63, 3.8) is 0 Å². The minimum absolute atomic E-state index is 0.190. The normalized spacial score (nSPS) is 11.0. The number of alkyl halides is 3. The molecule has 1 heterocycles. The molecule has 0 saturated carbocycles. The fourth-order valence-electron chi connectivity index (χ4n) is 1.84. The molecule has 8 heteroatoms. The Kier molecular flexibility index (Phi) is 6.62. The fraction of sp³-hybridized carbons (Fsp3) is 0.294. The second kappa shape index (κ2) is 8.91. The lowest BCUT2D eigenvalue weighted by Crippen LogP contribution is -2.25. The van der Waals surface area contributed by atoms with Gasteiger partial charge in [-0.15, -0.1) is 0 Å². The third-order valence-corrected chi connectivity index (χ3v) is 3.00. The molecule has 0 radical (unpaired) electrons. The highest BCUT2D eigenvalue weighted by Crippen LogP contribution is 2.17. The van der Waals surface area contributed by atoms with Gasteiger partial charge in [0.15, 0.2) is 6.61 Å². The van der Waals surface area contributed by atoms with Gasteiger partial charge in [-0.25, -0.2) is 4.98 Å². The summed E-state index contributed by atoms with van der Waals surface area (Å²) in [5.41, 5.74) is 0.239. The van der Waals surface area contributed by atoms with Crippen LogP contribution in [0, 0.1) is 0 Å². The average Bonchev–Trinajstić information content (AvgIpc) is 2.60. The summed E-state index contributed by atoms with van der Waals surface area (Å²) in [6, 6.07) is 11.9. The summed E-state index contributed by atoms with van der Waals surface area (Å²) in [6.45, 7) is -0.572. The highest BCUT2D eigenvalue weighted by Gasteiger charge is 2.28. The van der Waals surface area contributed by atoms with Crippen LogP contribution in [0.4, 0.5) is 13.2 Å². The zero-order valence-electron chi connectivity index (χ0n) is 13.3. The van der Waals surface area contributed by atoms with Crippen LogP contribution in [-0.4, -0.2) is 36.8 Å². The van der Waals surface area contributed by atoms with E-state index in [0.29, 0.717) is 19.6 Å². The van der Waals surface area contributed by atoms with Gasteiger partial charge in [0.2, 0.25) is 5.88 Å². The molecule has 0 bridgehead atoms. The number of carbonyl (C=O) groups is 1. The summed E-state index contributed by atoms with van der Waals surface area (Å²) in [7, 11) is 0. The Morgan fingerprint density at radius 1 is 1.08 bits per heavy atom. The third kappa shape index (κ3) is 7.11. The van der Waals surface area contributed by atoms with Crippen LogP contribution in [0.25, 0.3) is 0 Å². The van der Waals surface area contributed by atoms with E-state index < -0.39 is 12.8 Å². The van der Waals surface area contributed by atoms with Crippen molar-refractivity contribution < 1.29 is 27.4 Å². The maximum atomic E-state index is 12.0. The zero-order chi connectivity index (χ0) is 18.1. The summed E-state index contributed by atoms with van der Waals surface area (Å²) in [6.07, 6.45) is -2.65. The van der Waals surface area contributed by atoms with E-state index >= 15 is 0 Å². The molecule has 1 aromatic carbocycles. The summed E-state index contributed by atoms with van der Waals surface area (Å²) in [5.74, 6) is 0.201. The van der Waals surface area contributed by atoms with Crippen LogP contribution < -0.4 is 14.8 Å². The number of rotatable bonds is 8. The van der Waals surface area contributed by atoms with E-state index in [1.165, 1.54) is 18.3 Å². The number of hydrogen-bond donors (Lipinski definition) is 1. The summed E-state index contributed by atoms with van der Waals surface area (Å²) in [4.78, 5) is 15.6. The Balaban J connectivity index is 1.68. The van der Waals surface area contributed by atoms with Crippen molar-refractivity contribution in [3.05, 3.63) is 54.2 Å². The molecule has 2 rings (SSSR count). The first kappa shape index (κ1) is 18.6. The molecule has 0 spiro atoms. The van der Waals surface area contributed by atoms with Crippen molar-refractivity contribution in [2.45, 2.75) is 12.6 Å². The molecule has 134 valence electrons. The van der Waals surface area contributed by atoms with Crippen LogP contribution in [-0.2, 0) is 0 Å². The molecule has 0 unspecified atom stereocenters. The number of para-hydroxylation sites is 1. The Bertz CT molecular complexity index is 661. The van der Waals surface area contributed by atoms with E-state index in [1.807, 2.05) is 30.3 Å². The summed E-state index contributed by atoms with van der Waals surface area (Å²) >= 11 is 0. The molecule has 0 aliphatic heterocycles. The first-order valence-electron chi connectivity index (χ1n) is 7.56. The Morgan fingerprint density at radius 2 is 1.84 bits per heavy atom. The smallest absolute Gasteiger partial charge is 0.422 e. The van der Waals surface area contributed by atoms with Crippen LogP contribution in [0.3, 0.4) is 0 Å². The van der Waals surface area contributed by atoms with Crippen molar-refractivity contribution >= 4 is 5.91 Å². The summed E-state index contributed by atoms with van der Waals surface area (Å²) < 4.78 is 46.1. The van der Waals surface area contributed by atoms with E-state index in [1.54, 1.807) is 0 Å². The fourth-order valence-corrected chi connectivity index (χ4v) is 1.84. The highest BCUT2D eigenvalue weighted by molar-refractivity contribution is 5.93. The predicted octanol–water partition coefficient (Wildman–Crippen LogP) is 3.22. The van der Waals surface area contributed by atoms with Crippen LogP contribution in [0.1, 0.15) is 16.8 Å². The molecule has 0 aliphatic carbocycles. The van der Waals surface area contributed by atoms with Gasteiger partial charge in [0, 0.05) is 18.8 Å². The SMILES string of the molecule is O=C(NCCCOc1ccccc1)c1ccc(OCC(F)(F)F)nc1. The van der Waals surface area contributed by atoms with Gasteiger partial charge in [-0.1, -0.05) is 18.2 Å². The van der Waals surface area contributed by atoms with Crippen molar-refractivity contribution in [2.75, 3.05) is 19.8 Å². The van der Waals surface area contributed by atoms with Gasteiger partial charge >= 0.3 is 6.18 Å². The van der Waals surface area contributed by atoms with Crippen molar-refractivity contribution in [3.8, 4) is 11.6 Å². The van der Waals surface area contributed by atoms with Crippen molar-refractivity contribution in [1.29, 1.82) is 0 Å². The second-order valence-electron chi connectivity index (χ2n) is 5.06. The molecular weight excluding hydrogens is 337 g/mol. The van der Waals surface area contributed by atoms with E-state index in [-0.39, 0.29) is 17.4 Å². The number of amides is 1. The Labute approximate surface area is 142 Å². The molecule has 2 aromatic rings. The van der Waals surface area contributed by atoms with Gasteiger partial charge in [0.25, 0.3) is 5.91 Å². The van der Waals surface area contributed by atoms with Crippen LogP contribution in [0.5, 0.6) is 11.6 Å². The second-order valence-corrected chi connectivity index (χ2v) is 5.06. The number of carbonyl (C=O) groups excluding carboxylic acids is 1. The minimum atomic E-state index is -4.43. The minimum Gasteiger partial charge on any atom is -0.494 e. The average molecular weight is 354 g/mol. The maximum Gasteiger partial charge on any atom is 0.422 e. The largest absolute Gasteiger partial charge is 0.494 e. The van der Waals surface area contributed by atoms with Gasteiger partial charge in [-0.2, -0.15) is 13.2 Å². The van der Waals surface area contributed by atoms with Crippen molar-refractivity contribution in [2.24, 2.45) is 0 Å². The first-order valence-corrected chi connectivity index (χ1v) is 7.56.